The fraction of sp³-hybridized carbons (Fsp3) is 0.273. The Hall–Kier alpha value is -1.29. The summed E-state index contributed by atoms with van der Waals surface area (Å²) in [6.07, 6.45) is 0. The molecule has 0 aliphatic rings. The quantitative estimate of drug-likeness (QED) is 0.740. The summed E-state index contributed by atoms with van der Waals surface area (Å²) < 4.78 is 28.5. The van der Waals surface area contributed by atoms with Gasteiger partial charge in [0.2, 0.25) is 14.9 Å². The summed E-state index contributed by atoms with van der Waals surface area (Å²) in [5.41, 5.74) is 1.01. The second-order valence-electron chi connectivity index (χ2n) is 3.12. The molecular weight excluding hydrogens is 212 g/mol. The lowest BCUT2D eigenvalue weighted by atomic mass is 10.2. The van der Waals surface area contributed by atoms with E-state index >= 15 is 0 Å². The van der Waals surface area contributed by atoms with E-state index in [-0.39, 0.29) is 9.99 Å². The Kier molecular flexibility index (Phi) is 3.52. The van der Waals surface area contributed by atoms with E-state index in [2.05, 4.69) is 6.58 Å². The number of hydrogen-bond donors (Lipinski definition) is 0. The maximum absolute atomic E-state index is 11.8. The lowest BCUT2D eigenvalue weighted by molar-refractivity contribution is 0.253. The van der Waals surface area contributed by atoms with Gasteiger partial charge in [0.25, 0.3) is 0 Å². The van der Waals surface area contributed by atoms with Gasteiger partial charge in [-0.05, 0) is 32.6 Å². The van der Waals surface area contributed by atoms with E-state index in [0.717, 1.165) is 5.56 Å². The van der Waals surface area contributed by atoms with E-state index in [4.69, 9.17) is 4.74 Å². The molecule has 0 amide bonds. The number of hydrogen-bond acceptors (Lipinski definition) is 3. The molecule has 82 valence electrons. The van der Waals surface area contributed by atoms with Crippen LogP contribution in [0.4, 0.5) is 0 Å². The number of sulfone groups is 1. The third kappa shape index (κ3) is 2.59. The second-order valence-corrected chi connectivity index (χ2v) is 5.06. The van der Waals surface area contributed by atoms with Crippen molar-refractivity contribution in [1.82, 2.24) is 0 Å². The van der Waals surface area contributed by atoms with Gasteiger partial charge in [-0.2, -0.15) is 0 Å². The lowest BCUT2D eigenvalue weighted by Crippen LogP contribution is -2.06. The molecule has 1 rings (SSSR count). The smallest absolute Gasteiger partial charge is 0.238 e. The molecule has 1 aromatic rings. The molecule has 15 heavy (non-hydrogen) atoms. The molecule has 0 bridgehead atoms. The zero-order valence-corrected chi connectivity index (χ0v) is 9.67. The van der Waals surface area contributed by atoms with E-state index in [1.807, 2.05) is 6.92 Å². The second kappa shape index (κ2) is 4.49. The van der Waals surface area contributed by atoms with Crippen LogP contribution in [0.2, 0.25) is 0 Å². The van der Waals surface area contributed by atoms with Crippen molar-refractivity contribution < 1.29 is 13.2 Å². The molecule has 0 unspecified atom stereocenters. The molecule has 0 aliphatic heterocycles. The lowest BCUT2D eigenvalue weighted by Gasteiger charge is -2.08. The van der Waals surface area contributed by atoms with E-state index in [9.17, 15) is 8.42 Å². The molecule has 0 radical (unpaired) electrons. The first-order valence-electron chi connectivity index (χ1n) is 4.62. The Balaban J connectivity index is 3.06. The standard InChI is InChI=1S/C11H14O3S/c1-4-14-10(3)15(12,13)11-7-5-9(2)6-8-11/h5-8H,3-4H2,1-2H3. The Morgan fingerprint density at radius 2 is 1.87 bits per heavy atom. The molecule has 0 heterocycles. The molecule has 1 aromatic carbocycles. The van der Waals surface area contributed by atoms with E-state index < -0.39 is 9.84 Å². The average molecular weight is 226 g/mol. The van der Waals surface area contributed by atoms with Crippen molar-refractivity contribution in [3.8, 4) is 0 Å². The summed E-state index contributed by atoms with van der Waals surface area (Å²) in [5.74, 6) is 0. The van der Waals surface area contributed by atoms with Crippen molar-refractivity contribution in [3.63, 3.8) is 0 Å². The van der Waals surface area contributed by atoms with E-state index in [1.54, 1.807) is 31.2 Å². The number of rotatable bonds is 4. The monoisotopic (exact) mass is 226 g/mol. The minimum Gasteiger partial charge on any atom is -0.484 e. The number of aryl methyl sites for hydroxylation is 1. The van der Waals surface area contributed by atoms with Crippen LogP contribution >= 0.6 is 0 Å². The third-order valence-corrected chi connectivity index (χ3v) is 3.55. The van der Waals surface area contributed by atoms with Gasteiger partial charge in [-0.15, -0.1) is 0 Å². The van der Waals surface area contributed by atoms with Crippen molar-refractivity contribution in [3.05, 3.63) is 41.5 Å². The zero-order valence-electron chi connectivity index (χ0n) is 8.86. The third-order valence-electron chi connectivity index (χ3n) is 1.94. The molecule has 3 nitrogen and oxygen atoms in total. The van der Waals surface area contributed by atoms with Gasteiger partial charge in [-0.25, -0.2) is 8.42 Å². The minimum absolute atomic E-state index is 0.200. The van der Waals surface area contributed by atoms with Crippen molar-refractivity contribution in [2.45, 2.75) is 18.7 Å². The van der Waals surface area contributed by atoms with E-state index in [1.165, 1.54) is 0 Å². The summed E-state index contributed by atoms with van der Waals surface area (Å²) in [6.45, 7) is 7.31. The van der Waals surface area contributed by atoms with Gasteiger partial charge in [0, 0.05) is 0 Å². The molecular formula is C11H14O3S. The predicted octanol–water partition coefficient (Wildman–Crippen LogP) is 2.28. The largest absolute Gasteiger partial charge is 0.484 e. The molecule has 4 heteroatoms. The van der Waals surface area contributed by atoms with Gasteiger partial charge in [0.05, 0.1) is 11.5 Å². The molecule has 0 saturated carbocycles. The number of benzene rings is 1. The van der Waals surface area contributed by atoms with Crippen molar-refractivity contribution in [2.75, 3.05) is 6.61 Å². The fourth-order valence-corrected chi connectivity index (χ4v) is 2.12. The SMILES string of the molecule is C=C(OCC)S(=O)(=O)c1ccc(C)cc1. The highest BCUT2D eigenvalue weighted by molar-refractivity contribution is 7.95. The van der Waals surface area contributed by atoms with Crippen LogP contribution in [0.15, 0.2) is 40.8 Å². The Morgan fingerprint density at radius 3 is 2.33 bits per heavy atom. The van der Waals surface area contributed by atoms with Gasteiger partial charge < -0.3 is 4.74 Å². The molecule has 0 aliphatic carbocycles. The summed E-state index contributed by atoms with van der Waals surface area (Å²) in [6, 6.07) is 6.59. The zero-order chi connectivity index (χ0) is 11.5. The highest BCUT2D eigenvalue weighted by Gasteiger charge is 2.19. The first-order valence-corrected chi connectivity index (χ1v) is 6.10. The fourth-order valence-electron chi connectivity index (χ4n) is 1.09. The summed E-state index contributed by atoms with van der Waals surface area (Å²) >= 11 is 0. The normalized spacial score (nSPS) is 11.1. The van der Waals surface area contributed by atoms with Gasteiger partial charge in [0.1, 0.15) is 0 Å². The van der Waals surface area contributed by atoms with Crippen LogP contribution in [0.3, 0.4) is 0 Å². The van der Waals surface area contributed by atoms with Crippen LogP contribution in [-0.4, -0.2) is 15.0 Å². The average Bonchev–Trinajstić information content (AvgIpc) is 2.18. The molecule has 0 saturated heterocycles. The highest BCUT2D eigenvalue weighted by atomic mass is 32.2. The highest BCUT2D eigenvalue weighted by Crippen LogP contribution is 2.18. The maximum Gasteiger partial charge on any atom is 0.238 e. The van der Waals surface area contributed by atoms with Crippen molar-refractivity contribution in [1.29, 1.82) is 0 Å². The minimum atomic E-state index is -3.53. The first kappa shape index (κ1) is 11.8. The van der Waals surface area contributed by atoms with Crippen LogP contribution in [-0.2, 0) is 14.6 Å². The van der Waals surface area contributed by atoms with Crippen LogP contribution < -0.4 is 0 Å². The van der Waals surface area contributed by atoms with Crippen LogP contribution in [0, 0.1) is 6.92 Å². The summed E-state index contributed by atoms with van der Waals surface area (Å²) in [4.78, 5) is 0.214. The molecule has 0 spiro atoms. The molecule has 0 fully saturated rings. The Labute approximate surface area is 90.3 Å². The molecule has 0 N–H and O–H groups in total. The first-order chi connectivity index (χ1) is 6.98. The molecule has 0 aromatic heterocycles. The topological polar surface area (TPSA) is 43.4 Å². The maximum atomic E-state index is 11.8. The van der Waals surface area contributed by atoms with E-state index in [0.29, 0.717) is 6.61 Å². The summed E-state index contributed by atoms with van der Waals surface area (Å²) in [5, 5.41) is -0.200. The summed E-state index contributed by atoms with van der Waals surface area (Å²) in [7, 11) is -3.53. The predicted molar refractivity (Wildman–Crippen MR) is 59.1 cm³/mol. The Bertz CT molecular complexity index is 443. The van der Waals surface area contributed by atoms with Gasteiger partial charge in [-0.1, -0.05) is 17.7 Å². The molecule has 0 atom stereocenters. The van der Waals surface area contributed by atoms with Crippen LogP contribution in [0.1, 0.15) is 12.5 Å². The van der Waals surface area contributed by atoms with Gasteiger partial charge in [0.15, 0.2) is 0 Å². The number of ether oxygens (including phenoxy) is 1. The van der Waals surface area contributed by atoms with Gasteiger partial charge >= 0.3 is 0 Å². The van der Waals surface area contributed by atoms with Crippen LogP contribution in [0.25, 0.3) is 0 Å². The Morgan fingerprint density at radius 1 is 1.33 bits per heavy atom. The van der Waals surface area contributed by atoms with Gasteiger partial charge in [-0.3, -0.25) is 0 Å². The van der Waals surface area contributed by atoms with Crippen molar-refractivity contribution >= 4 is 9.84 Å². The van der Waals surface area contributed by atoms with Crippen molar-refractivity contribution in [2.24, 2.45) is 0 Å². The van der Waals surface area contributed by atoms with Crippen LogP contribution in [0.5, 0.6) is 0 Å².